The van der Waals surface area contributed by atoms with Gasteiger partial charge >= 0.3 is 5.97 Å². The predicted octanol–water partition coefficient (Wildman–Crippen LogP) is 1.03. The normalized spacial score (nSPS) is 10.4. The molecule has 1 amide bonds. The van der Waals surface area contributed by atoms with Crippen LogP contribution in [0.25, 0.3) is 0 Å². The van der Waals surface area contributed by atoms with Crippen LogP contribution in [0.4, 0.5) is 0 Å². The van der Waals surface area contributed by atoms with Crippen LogP contribution in [-0.2, 0) is 13.0 Å². The molecule has 0 aromatic carbocycles. The number of nitrogens with zero attached hydrogens (tertiary/aromatic N) is 3. The molecule has 0 radical (unpaired) electrons. The Bertz CT molecular complexity index is 620. The number of nitrogens with one attached hydrogen (secondary N) is 1. The number of amides is 1. The second-order valence-electron chi connectivity index (χ2n) is 4.02. The minimum Gasteiger partial charge on any atom is -0.476 e. The highest BCUT2D eigenvalue weighted by molar-refractivity contribution is 7.09. The maximum absolute atomic E-state index is 11.8. The molecular weight excluding hydrogens is 280 g/mol. The number of hydrogen-bond acceptors (Lipinski definition) is 5. The first-order valence-corrected chi connectivity index (χ1v) is 6.96. The van der Waals surface area contributed by atoms with Gasteiger partial charge in [-0.25, -0.2) is 9.78 Å². The lowest BCUT2D eigenvalue weighted by Gasteiger charge is -2.01. The van der Waals surface area contributed by atoms with Gasteiger partial charge in [0.25, 0.3) is 5.91 Å². The fourth-order valence-electron chi connectivity index (χ4n) is 1.56. The van der Waals surface area contributed by atoms with E-state index in [1.165, 1.54) is 22.9 Å². The minimum atomic E-state index is -1.04. The van der Waals surface area contributed by atoms with E-state index in [0.717, 1.165) is 0 Å². The van der Waals surface area contributed by atoms with Crippen molar-refractivity contribution in [3.63, 3.8) is 0 Å². The van der Waals surface area contributed by atoms with Crippen molar-refractivity contribution in [2.24, 2.45) is 0 Å². The number of carbonyl (C=O) groups is 2. The fraction of sp³-hybridized carbons (Fsp3) is 0.333. The molecule has 0 aliphatic carbocycles. The maximum atomic E-state index is 11.8. The standard InChI is InChI=1S/C12H14N4O3S/c1-2-16-6-8(5-14-16)11(17)13-4-3-10-15-9(7-20-10)12(18)19/h5-7H,2-4H2,1H3,(H,13,17)(H,18,19). The van der Waals surface area contributed by atoms with E-state index < -0.39 is 5.97 Å². The molecule has 2 aromatic rings. The van der Waals surface area contributed by atoms with Crippen LogP contribution >= 0.6 is 11.3 Å². The second kappa shape index (κ2) is 6.29. The van der Waals surface area contributed by atoms with Crippen LogP contribution in [0.5, 0.6) is 0 Å². The van der Waals surface area contributed by atoms with Crippen molar-refractivity contribution in [1.29, 1.82) is 0 Å². The molecule has 106 valence electrons. The Morgan fingerprint density at radius 3 is 2.90 bits per heavy atom. The molecule has 0 spiro atoms. The van der Waals surface area contributed by atoms with Crippen LogP contribution in [0, 0.1) is 0 Å². The number of carboxylic acids is 1. The molecule has 8 heteroatoms. The Labute approximate surface area is 119 Å². The number of aromatic nitrogens is 3. The summed E-state index contributed by atoms with van der Waals surface area (Å²) in [6, 6.07) is 0. The van der Waals surface area contributed by atoms with Gasteiger partial charge in [0, 0.05) is 31.1 Å². The van der Waals surface area contributed by atoms with Crippen LogP contribution in [-0.4, -0.2) is 38.3 Å². The molecule has 2 heterocycles. The first-order valence-electron chi connectivity index (χ1n) is 6.08. The summed E-state index contributed by atoms with van der Waals surface area (Å²) in [6.07, 6.45) is 3.71. The van der Waals surface area contributed by atoms with Crippen molar-refractivity contribution in [3.8, 4) is 0 Å². The fourth-order valence-corrected chi connectivity index (χ4v) is 2.33. The molecule has 0 aliphatic rings. The largest absolute Gasteiger partial charge is 0.476 e. The quantitative estimate of drug-likeness (QED) is 0.829. The van der Waals surface area contributed by atoms with Crippen LogP contribution in [0.2, 0.25) is 0 Å². The highest BCUT2D eigenvalue weighted by Gasteiger charge is 2.10. The third-order valence-corrected chi connectivity index (χ3v) is 3.52. The van der Waals surface area contributed by atoms with E-state index in [-0.39, 0.29) is 11.6 Å². The Kier molecular flexibility index (Phi) is 4.46. The summed E-state index contributed by atoms with van der Waals surface area (Å²) in [7, 11) is 0. The van der Waals surface area contributed by atoms with E-state index in [1.807, 2.05) is 6.92 Å². The van der Waals surface area contributed by atoms with Gasteiger partial charge in [-0.1, -0.05) is 0 Å². The van der Waals surface area contributed by atoms with Gasteiger partial charge in [0.2, 0.25) is 0 Å². The molecule has 2 N–H and O–H groups in total. The molecule has 0 bridgehead atoms. The summed E-state index contributed by atoms with van der Waals surface area (Å²) in [5.41, 5.74) is 0.553. The highest BCUT2D eigenvalue weighted by atomic mass is 32.1. The zero-order valence-corrected chi connectivity index (χ0v) is 11.7. The minimum absolute atomic E-state index is 0.0422. The van der Waals surface area contributed by atoms with Gasteiger partial charge < -0.3 is 10.4 Å². The number of carbonyl (C=O) groups excluding carboxylic acids is 1. The van der Waals surface area contributed by atoms with E-state index in [0.29, 0.717) is 30.1 Å². The number of aryl methyl sites for hydroxylation is 1. The lowest BCUT2D eigenvalue weighted by atomic mass is 10.3. The molecule has 7 nitrogen and oxygen atoms in total. The van der Waals surface area contributed by atoms with Gasteiger partial charge in [-0.15, -0.1) is 11.3 Å². The van der Waals surface area contributed by atoms with E-state index in [4.69, 9.17) is 5.11 Å². The van der Waals surface area contributed by atoms with Crippen molar-refractivity contribution < 1.29 is 14.7 Å². The Morgan fingerprint density at radius 1 is 1.50 bits per heavy atom. The Balaban J connectivity index is 1.82. The number of rotatable bonds is 6. The van der Waals surface area contributed by atoms with E-state index >= 15 is 0 Å². The van der Waals surface area contributed by atoms with Gasteiger partial charge in [0.1, 0.15) is 0 Å². The van der Waals surface area contributed by atoms with Crippen molar-refractivity contribution in [2.75, 3.05) is 6.54 Å². The average molecular weight is 294 g/mol. The molecule has 0 fully saturated rings. The van der Waals surface area contributed by atoms with E-state index in [1.54, 1.807) is 10.9 Å². The zero-order valence-electron chi connectivity index (χ0n) is 10.9. The Hall–Kier alpha value is -2.22. The van der Waals surface area contributed by atoms with E-state index in [9.17, 15) is 9.59 Å². The summed E-state index contributed by atoms with van der Waals surface area (Å²) in [5, 5.41) is 17.7. The molecule has 0 unspecified atom stereocenters. The third kappa shape index (κ3) is 3.41. The number of hydrogen-bond donors (Lipinski definition) is 2. The van der Waals surface area contributed by atoms with E-state index in [2.05, 4.69) is 15.4 Å². The van der Waals surface area contributed by atoms with Gasteiger partial charge in [0.15, 0.2) is 5.69 Å². The molecule has 20 heavy (non-hydrogen) atoms. The zero-order chi connectivity index (χ0) is 14.5. The number of thiazole rings is 1. The molecule has 2 rings (SSSR count). The number of aromatic carboxylic acids is 1. The first kappa shape index (κ1) is 14.2. The summed E-state index contributed by atoms with van der Waals surface area (Å²) in [6.45, 7) is 3.06. The third-order valence-electron chi connectivity index (χ3n) is 2.61. The maximum Gasteiger partial charge on any atom is 0.355 e. The second-order valence-corrected chi connectivity index (χ2v) is 4.96. The molecule has 0 aliphatic heterocycles. The van der Waals surface area contributed by atoms with Crippen molar-refractivity contribution >= 4 is 23.2 Å². The summed E-state index contributed by atoms with van der Waals surface area (Å²) < 4.78 is 1.68. The first-order chi connectivity index (χ1) is 9.60. The van der Waals surface area contributed by atoms with Gasteiger partial charge in [-0.05, 0) is 6.92 Å². The highest BCUT2D eigenvalue weighted by Crippen LogP contribution is 2.10. The smallest absolute Gasteiger partial charge is 0.355 e. The summed E-state index contributed by atoms with van der Waals surface area (Å²) in [4.78, 5) is 26.4. The van der Waals surface area contributed by atoms with Gasteiger partial charge in [0.05, 0.1) is 16.8 Å². The molecule has 0 atom stereocenters. The van der Waals surface area contributed by atoms with Crippen LogP contribution in [0.3, 0.4) is 0 Å². The van der Waals surface area contributed by atoms with Crippen LogP contribution in [0.1, 0.15) is 32.8 Å². The van der Waals surface area contributed by atoms with Gasteiger partial charge in [-0.2, -0.15) is 5.10 Å². The number of carboxylic acid groups (broad SMARTS) is 1. The topological polar surface area (TPSA) is 97.1 Å². The molecular formula is C12H14N4O3S. The lowest BCUT2D eigenvalue weighted by molar-refractivity contribution is 0.0690. The molecule has 0 saturated heterocycles. The summed E-state index contributed by atoms with van der Waals surface area (Å²) >= 11 is 1.27. The summed E-state index contributed by atoms with van der Waals surface area (Å²) in [5.74, 6) is -1.23. The van der Waals surface area contributed by atoms with Crippen LogP contribution in [0.15, 0.2) is 17.8 Å². The van der Waals surface area contributed by atoms with Crippen molar-refractivity contribution in [3.05, 3.63) is 34.0 Å². The average Bonchev–Trinajstić information content (AvgIpc) is 3.07. The molecule has 0 saturated carbocycles. The SMILES string of the molecule is CCn1cc(C(=O)NCCc2nc(C(=O)O)cs2)cn1. The van der Waals surface area contributed by atoms with Crippen molar-refractivity contribution in [1.82, 2.24) is 20.1 Å². The van der Waals surface area contributed by atoms with Gasteiger partial charge in [-0.3, -0.25) is 9.48 Å². The molecule has 2 aromatic heterocycles. The Morgan fingerprint density at radius 2 is 2.30 bits per heavy atom. The predicted molar refractivity (Wildman–Crippen MR) is 73.0 cm³/mol. The lowest BCUT2D eigenvalue weighted by Crippen LogP contribution is -2.25. The van der Waals surface area contributed by atoms with Crippen molar-refractivity contribution in [2.45, 2.75) is 19.9 Å². The van der Waals surface area contributed by atoms with Crippen LogP contribution < -0.4 is 5.32 Å². The monoisotopic (exact) mass is 294 g/mol.